The predicted molar refractivity (Wildman–Crippen MR) is 307 cm³/mol. The summed E-state index contributed by atoms with van der Waals surface area (Å²) in [5.74, 6) is -6.53. The minimum absolute atomic E-state index is 0.0168. The number of amides is 10. The van der Waals surface area contributed by atoms with Gasteiger partial charge in [0.25, 0.3) is 0 Å². The van der Waals surface area contributed by atoms with Gasteiger partial charge >= 0.3 is 0 Å². The smallest absolute Gasteiger partial charge is 0.242 e. The van der Waals surface area contributed by atoms with Gasteiger partial charge in [-0.15, -0.1) is 0 Å². The van der Waals surface area contributed by atoms with E-state index in [1.54, 1.807) is 55.4 Å². The molecule has 0 unspecified atom stereocenters. The number of carbonyl (C=O) groups excluding carboxylic acids is 10. The third-order valence-electron chi connectivity index (χ3n) is 14.6. The fraction of sp³-hybridized carbons (Fsp3) is 0.821. The van der Waals surface area contributed by atoms with Gasteiger partial charge in [-0.1, -0.05) is 41.5 Å². The number of nitrogens with two attached hydrogens (primary N) is 1. The molecule has 0 aliphatic rings. The van der Waals surface area contributed by atoms with Crippen molar-refractivity contribution in [1.29, 1.82) is 0 Å². The average molecular weight is 1160 g/mol. The van der Waals surface area contributed by atoms with E-state index in [9.17, 15) is 68.4 Å². The monoisotopic (exact) mass is 1160 g/mol. The minimum Gasteiger partial charge on any atom is -0.392 e. The molecule has 10 atom stereocenters. The van der Waals surface area contributed by atoms with Gasteiger partial charge in [0.05, 0.1) is 63.7 Å². The summed E-state index contributed by atoms with van der Waals surface area (Å²) in [6, 6.07) is -2.37. The van der Waals surface area contributed by atoms with E-state index in [-0.39, 0.29) is 69.8 Å². The molecule has 25 heteroatoms. The number of aliphatic hydroxyl groups excluding tert-OH is 4. The Bertz CT molecular complexity index is 2010. The molecule has 0 saturated carbocycles. The van der Waals surface area contributed by atoms with Crippen molar-refractivity contribution in [3.8, 4) is 0 Å². The first-order valence-electron chi connectivity index (χ1n) is 29.1. The van der Waals surface area contributed by atoms with E-state index >= 15 is 0 Å². The summed E-state index contributed by atoms with van der Waals surface area (Å²) in [6.45, 7) is 21.0. The van der Waals surface area contributed by atoms with Crippen LogP contribution in [-0.4, -0.2) is 276 Å². The SMILES string of the molecule is CC[C@@H](C)NCC(=O)N(CC(=O)N(CC(=O)N(CC(=O)N(CC(=O)N(CC(=O)N(CC(=O)N(CC(=O)N(CC(=O)N(CC(N)=O)[C@H](C)CC)[C@H](C)CC)C[C@@H](C)O)C[C@@H](C)O)[C@H](C)CC)[C@H](C)CC)C[C@@H](C)O)C[C@@H](C)O)[C@H](C)CC. The molecule has 0 fully saturated rings. The van der Waals surface area contributed by atoms with E-state index in [0.29, 0.717) is 32.1 Å². The topological polar surface area (TPSA) is 319 Å². The number of carbonyl (C=O) groups is 10. The van der Waals surface area contributed by atoms with Crippen LogP contribution in [0.2, 0.25) is 0 Å². The molecule has 0 rings (SSSR count). The van der Waals surface area contributed by atoms with Crippen molar-refractivity contribution in [2.75, 3.05) is 91.6 Å². The van der Waals surface area contributed by atoms with Gasteiger partial charge in [0.2, 0.25) is 59.1 Å². The molecular weight excluding hydrogens is 1050 g/mol. The lowest BCUT2D eigenvalue weighted by molar-refractivity contribution is -0.152. The Morgan fingerprint density at radius 1 is 0.321 bits per heavy atom. The van der Waals surface area contributed by atoms with Crippen LogP contribution in [0.4, 0.5) is 0 Å². The van der Waals surface area contributed by atoms with Crippen LogP contribution >= 0.6 is 0 Å². The molecule has 0 aliphatic carbocycles. The molecule has 0 aromatic carbocycles. The lowest BCUT2D eigenvalue weighted by Gasteiger charge is -2.36. The second kappa shape index (κ2) is 38.3. The Balaban J connectivity index is 6.88. The number of hydrogen-bond acceptors (Lipinski definition) is 15. The quantitative estimate of drug-likeness (QED) is 0.0464. The lowest BCUT2D eigenvalue weighted by Crippen LogP contribution is -2.56. The largest absolute Gasteiger partial charge is 0.392 e. The zero-order chi connectivity index (χ0) is 62.6. The fourth-order valence-electron chi connectivity index (χ4n) is 8.52. The second-order valence-corrected chi connectivity index (χ2v) is 22.0. The predicted octanol–water partition coefficient (Wildman–Crippen LogP) is -0.167. The van der Waals surface area contributed by atoms with Crippen molar-refractivity contribution in [2.24, 2.45) is 5.73 Å². The lowest BCUT2D eigenvalue weighted by atomic mass is 10.1. The highest BCUT2D eigenvalue weighted by Gasteiger charge is 2.35. The summed E-state index contributed by atoms with van der Waals surface area (Å²) in [5.41, 5.74) is 5.44. The summed E-state index contributed by atoms with van der Waals surface area (Å²) in [5, 5.41) is 45.2. The zero-order valence-corrected chi connectivity index (χ0v) is 51.9. The molecule has 10 amide bonds. The van der Waals surface area contributed by atoms with Gasteiger partial charge in [-0.2, -0.15) is 0 Å². The van der Waals surface area contributed by atoms with Gasteiger partial charge in [0, 0.05) is 62.4 Å². The number of primary amides is 1. The van der Waals surface area contributed by atoms with Crippen molar-refractivity contribution in [3.63, 3.8) is 0 Å². The van der Waals surface area contributed by atoms with Crippen molar-refractivity contribution >= 4 is 59.1 Å². The van der Waals surface area contributed by atoms with Crippen LogP contribution in [0.5, 0.6) is 0 Å². The molecule has 0 aromatic heterocycles. The molecule has 25 nitrogen and oxygen atoms in total. The molecule has 0 aromatic rings. The highest BCUT2D eigenvalue weighted by molar-refractivity contribution is 5.94. The number of nitrogens with zero attached hydrogens (tertiary/aromatic N) is 9. The molecule has 468 valence electrons. The standard InChI is InChI=1S/C56H105N11O14/c1-17-37(7)58-23-48(73)64(39(9)19-3)33-51(76)59(24-43(13)68)29-49(74)62(27-46(16)71)32-54(79)67(42(12)22-6)36-56(81)65(40(10)20-4)34-52(77)60(25-44(14)69)30-50(75)61(26-45(15)70)31-53(78)66(41(11)21-5)35-55(80)63(28-47(57)72)38(8)18-2/h37-46,58,68-71H,17-36H2,1-16H3,(H2,57,72)/t37-,38-,39-,40-,41-,42-,43-,44-,45-,46-/m1/s1. The first-order chi connectivity index (χ1) is 37.7. The molecule has 0 radical (unpaired) electrons. The summed E-state index contributed by atoms with van der Waals surface area (Å²) in [6.07, 6.45) is -1.60. The van der Waals surface area contributed by atoms with E-state index < -0.39 is 142 Å². The van der Waals surface area contributed by atoms with Gasteiger partial charge in [0.1, 0.15) is 26.2 Å². The Labute approximate surface area is 482 Å². The summed E-state index contributed by atoms with van der Waals surface area (Å²) >= 11 is 0. The molecule has 81 heavy (non-hydrogen) atoms. The number of hydrogen-bond donors (Lipinski definition) is 6. The van der Waals surface area contributed by atoms with E-state index in [4.69, 9.17) is 5.73 Å². The van der Waals surface area contributed by atoms with Crippen molar-refractivity contribution in [3.05, 3.63) is 0 Å². The van der Waals surface area contributed by atoms with Crippen LogP contribution < -0.4 is 11.1 Å². The Hall–Kier alpha value is -5.50. The number of rotatable bonds is 40. The maximum Gasteiger partial charge on any atom is 0.242 e. The highest BCUT2D eigenvalue weighted by atomic mass is 16.3. The zero-order valence-electron chi connectivity index (χ0n) is 51.9. The molecule has 0 saturated heterocycles. The summed E-state index contributed by atoms with van der Waals surface area (Å²) < 4.78 is 0. The van der Waals surface area contributed by atoms with E-state index in [1.165, 1.54) is 52.2 Å². The Kier molecular flexibility index (Phi) is 35.7. The van der Waals surface area contributed by atoms with E-state index in [0.717, 1.165) is 26.0 Å². The van der Waals surface area contributed by atoms with Crippen LogP contribution in [0.1, 0.15) is 149 Å². The summed E-state index contributed by atoms with van der Waals surface area (Å²) in [4.78, 5) is 149. The first-order valence-corrected chi connectivity index (χ1v) is 29.1. The molecule has 0 bridgehead atoms. The van der Waals surface area contributed by atoms with Gasteiger partial charge in [-0.25, -0.2) is 0 Å². The third-order valence-corrected chi connectivity index (χ3v) is 14.6. The third kappa shape index (κ3) is 27.4. The van der Waals surface area contributed by atoms with Gasteiger partial charge in [0.15, 0.2) is 0 Å². The maximum absolute atomic E-state index is 14.5. The average Bonchev–Trinajstić information content (AvgIpc) is 3.39. The molecule has 0 spiro atoms. The first kappa shape index (κ1) is 75.5. The highest BCUT2D eigenvalue weighted by Crippen LogP contribution is 2.15. The summed E-state index contributed by atoms with van der Waals surface area (Å²) in [7, 11) is 0. The van der Waals surface area contributed by atoms with Gasteiger partial charge in [-0.05, 0) is 108 Å². The normalized spacial score (nSPS) is 15.0. The van der Waals surface area contributed by atoms with Gasteiger partial charge in [-0.3, -0.25) is 47.9 Å². The van der Waals surface area contributed by atoms with Crippen LogP contribution in [-0.2, 0) is 47.9 Å². The minimum atomic E-state index is -1.17. The van der Waals surface area contributed by atoms with Gasteiger partial charge < -0.3 is 75.6 Å². The van der Waals surface area contributed by atoms with Crippen LogP contribution in [0.15, 0.2) is 0 Å². The van der Waals surface area contributed by atoms with Crippen LogP contribution in [0.3, 0.4) is 0 Å². The second-order valence-electron chi connectivity index (χ2n) is 22.0. The van der Waals surface area contributed by atoms with Crippen molar-refractivity contribution in [1.82, 2.24) is 49.4 Å². The Morgan fingerprint density at radius 3 is 0.765 bits per heavy atom. The molecular formula is C56H105N11O14. The fourth-order valence-corrected chi connectivity index (χ4v) is 8.52. The van der Waals surface area contributed by atoms with Crippen molar-refractivity contribution in [2.45, 2.75) is 210 Å². The molecule has 0 heterocycles. The van der Waals surface area contributed by atoms with E-state index in [1.807, 2.05) is 27.7 Å². The molecule has 7 N–H and O–H groups in total. The number of nitrogens with one attached hydrogen (secondary N) is 1. The van der Waals surface area contributed by atoms with Crippen molar-refractivity contribution < 1.29 is 68.4 Å². The van der Waals surface area contributed by atoms with Crippen LogP contribution in [0.25, 0.3) is 0 Å². The number of aliphatic hydroxyl groups is 4. The molecule has 0 aliphatic heterocycles. The Morgan fingerprint density at radius 2 is 0.531 bits per heavy atom. The maximum atomic E-state index is 14.5. The van der Waals surface area contributed by atoms with Crippen LogP contribution in [0, 0.1) is 0 Å². The van der Waals surface area contributed by atoms with E-state index in [2.05, 4.69) is 5.32 Å².